The summed E-state index contributed by atoms with van der Waals surface area (Å²) in [6.07, 6.45) is 12.1. The molecule has 19 heavy (non-hydrogen) atoms. The lowest BCUT2D eigenvalue weighted by Gasteiger charge is -2.16. The van der Waals surface area contributed by atoms with Crippen molar-refractivity contribution < 1.29 is 0 Å². The third-order valence-electron chi connectivity index (χ3n) is 3.55. The molecule has 1 unspecified atom stereocenters. The molecule has 0 aliphatic carbocycles. The van der Waals surface area contributed by atoms with E-state index in [9.17, 15) is 0 Å². The third-order valence-corrected chi connectivity index (χ3v) is 4.15. The van der Waals surface area contributed by atoms with Gasteiger partial charge in [0.25, 0.3) is 0 Å². The summed E-state index contributed by atoms with van der Waals surface area (Å²) in [6.45, 7) is 5.59. The molecule has 2 nitrogen and oxygen atoms in total. The zero-order valence-electron chi connectivity index (χ0n) is 12.7. The normalized spacial score (nSPS) is 12.7. The highest BCUT2D eigenvalue weighted by Crippen LogP contribution is 2.20. The molecule has 0 aliphatic rings. The van der Waals surface area contributed by atoms with E-state index in [-0.39, 0.29) is 0 Å². The highest BCUT2D eigenvalue weighted by Gasteiger charge is 2.11. The zero-order valence-corrected chi connectivity index (χ0v) is 13.5. The number of rotatable bonds is 12. The van der Waals surface area contributed by atoms with Crippen molar-refractivity contribution in [1.29, 1.82) is 0 Å². The molecule has 110 valence electrons. The van der Waals surface area contributed by atoms with Crippen LogP contribution < -0.4 is 5.32 Å². The second-order valence-electron chi connectivity index (χ2n) is 5.33. The third kappa shape index (κ3) is 7.68. The topological polar surface area (TPSA) is 24.9 Å². The number of hydrogen-bond donors (Lipinski definition) is 1. The van der Waals surface area contributed by atoms with Crippen molar-refractivity contribution >= 4 is 11.3 Å². The quantitative estimate of drug-likeness (QED) is 0.524. The van der Waals surface area contributed by atoms with E-state index in [0.717, 1.165) is 6.54 Å². The minimum Gasteiger partial charge on any atom is -0.309 e. The Bertz CT molecular complexity index is 285. The molecule has 0 saturated carbocycles. The standard InChI is InChI=1S/C16H30N2S/c1-3-5-6-7-8-9-10-11-15(17-12-4-2)16-13-19-14-18-16/h13-15,17H,3-12H2,1-2H3. The van der Waals surface area contributed by atoms with Crippen LogP contribution in [0.4, 0.5) is 0 Å². The van der Waals surface area contributed by atoms with Gasteiger partial charge < -0.3 is 5.32 Å². The summed E-state index contributed by atoms with van der Waals surface area (Å²) in [5.41, 5.74) is 3.19. The van der Waals surface area contributed by atoms with Crippen molar-refractivity contribution in [2.45, 2.75) is 77.7 Å². The van der Waals surface area contributed by atoms with Gasteiger partial charge in [0.1, 0.15) is 0 Å². The van der Waals surface area contributed by atoms with E-state index >= 15 is 0 Å². The van der Waals surface area contributed by atoms with Crippen LogP contribution in [0, 0.1) is 0 Å². The Morgan fingerprint density at radius 3 is 2.42 bits per heavy atom. The lowest BCUT2D eigenvalue weighted by atomic mass is 10.0. The Kier molecular flexibility index (Phi) is 10.0. The monoisotopic (exact) mass is 282 g/mol. The van der Waals surface area contributed by atoms with Crippen LogP contribution in [0.3, 0.4) is 0 Å². The molecule has 0 fully saturated rings. The van der Waals surface area contributed by atoms with Gasteiger partial charge in [-0.25, -0.2) is 4.98 Å². The Labute approximate surface area is 123 Å². The maximum absolute atomic E-state index is 4.46. The molecule has 0 spiro atoms. The van der Waals surface area contributed by atoms with Gasteiger partial charge in [0.2, 0.25) is 0 Å². The Morgan fingerprint density at radius 2 is 1.79 bits per heavy atom. The molecule has 1 N–H and O–H groups in total. The van der Waals surface area contributed by atoms with Gasteiger partial charge in [0.05, 0.1) is 17.2 Å². The van der Waals surface area contributed by atoms with E-state index in [1.807, 2.05) is 5.51 Å². The van der Waals surface area contributed by atoms with Crippen molar-refractivity contribution in [3.63, 3.8) is 0 Å². The SMILES string of the molecule is CCCCCCCCCC(NCCC)c1cscn1. The molecule has 0 bridgehead atoms. The average Bonchev–Trinajstić information content (AvgIpc) is 2.95. The predicted molar refractivity (Wildman–Crippen MR) is 85.8 cm³/mol. The van der Waals surface area contributed by atoms with Crippen LogP contribution in [0.2, 0.25) is 0 Å². The van der Waals surface area contributed by atoms with E-state index < -0.39 is 0 Å². The first-order valence-corrected chi connectivity index (χ1v) is 8.94. The first-order chi connectivity index (χ1) is 9.38. The summed E-state index contributed by atoms with van der Waals surface area (Å²) < 4.78 is 0. The summed E-state index contributed by atoms with van der Waals surface area (Å²) >= 11 is 1.70. The van der Waals surface area contributed by atoms with Crippen molar-refractivity contribution in [2.24, 2.45) is 0 Å². The van der Waals surface area contributed by atoms with Gasteiger partial charge >= 0.3 is 0 Å². The van der Waals surface area contributed by atoms with Gasteiger partial charge in [-0.1, -0.05) is 58.8 Å². The number of aromatic nitrogens is 1. The highest BCUT2D eigenvalue weighted by molar-refractivity contribution is 7.07. The van der Waals surface area contributed by atoms with Gasteiger partial charge in [-0.3, -0.25) is 0 Å². The summed E-state index contributed by atoms with van der Waals surface area (Å²) in [7, 11) is 0. The van der Waals surface area contributed by atoms with E-state index in [4.69, 9.17) is 0 Å². The molecule has 1 aromatic rings. The van der Waals surface area contributed by atoms with Crippen molar-refractivity contribution in [1.82, 2.24) is 10.3 Å². The second kappa shape index (κ2) is 11.4. The number of nitrogens with zero attached hydrogens (tertiary/aromatic N) is 1. The van der Waals surface area contributed by atoms with Gasteiger partial charge in [0.15, 0.2) is 0 Å². The summed E-state index contributed by atoms with van der Waals surface area (Å²) in [5, 5.41) is 5.82. The highest BCUT2D eigenvalue weighted by atomic mass is 32.1. The Morgan fingerprint density at radius 1 is 1.05 bits per heavy atom. The van der Waals surface area contributed by atoms with Crippen molar-refractivity contribution in [3.8, 4) is 0 Å². The number of hydrogen-bond acceptors (Lipinski definition) is 3. The second-order valence-corrected chi connectivity index (χ2v) is 6.05. The molecule has 0 aliphatic heterocycles. The van der Waals surface area contributed by atoms with Crippen LogP contribution in [0.1, 0.15) is 83.4 Å². The maximum atomic E-state index is 4.46. The lowest BCUT2D eigenvalue weighted by molar-refractivity contribution is 0.459. The van der Waals surface area contributed by atoms with Crippen LogP contribution in [0.5, 0.6) is 0 Å². The van der Waals surface area contributed by atoms with E-state index in [1.165, 1.54) is 63.5 Å². The average molecular weight is 282 g/mol. The Hall–Kier alpha value is -0.410. The molecule has 1 aromatic heterocycles. The Balaban J connectivity index is 2.15. The fourth-order valence-corrected chi connectivity index (χ4v) is 2.98. The van der Waals surface area contributed by atoms with Crippen LogP contribution in [-0.4, -0.2) is 11.5 Å². The van der Waals surface area contributed by atoms with Gasteiger partial charge in [-0.2, -0.15) is 0 Å². The smallest absolute Gasteiger partial charge is 0.0795 e. The van der Waals surface area contributed by atoms with E-state index in [2.05, 4.69) is 29.5 Å². The zero-order chi connectivity index (χ0) is 13.8. The fraction of sp³-hybridized carbons (Fsp3) is 0.812. The largest absolute Gasteiger partial charge is 0.309 e. The molecule has 1 atom stereocenters. The van der Waals surface area contributed by atoms with Crippen LogP contribution in [0.15, 0.2) is 10.9 Å². The van der Waals surface area contributed by atoms with Crippen molar-refractivity contribution in [3.05, 3.63) is 16.6 Å². The van der Waals surface area contributed by atoms with Crippen LogP contribution in [-0.2, 0) is 0 Å². The van der Waals surface area contributed by atoms with Gasteiger partial charge in [-0.05, 0) is 19.4 Å². The molecule has 1 rings (SSSR count). The molecule has 1 heterocycles. The van der Waals surface area contributed by atoms with Gasteiger partial charge in [0, 0.05) is 5.38 Å². The number of thiazole rings is 1. The molecule has 3 heteroatoms. The molecule has 0 amide bonds. The minimum absolute atomic E-state index is 0.474. The fourth-order valence-electron chi connectivity index (χ4n) is 2.37. The van der Waals surface area contributed by atoms with E-state index in [0.29, 0.717) is 6.04 Å². The number of unbranched alkanes of at least 4 members (excludes halogenated alkanes) is 6. The molecule has 0 radical (unpaired) electrons. The first-order valence-electron chi connectivity index (χ1n) is 8.00. The predicted octanol–water partition coefficient (Wildman–Crippen LogP) is 5.32. The van der Waals surface area contributed by atoms with Crippen LogP contribution in [0.25, 0.3) is 0 Å². The summed E-state index contributed by atoms with van der Waals surface area (Å²) in [5.74, 6) is 0. The first kappa shape index (κ1) is 16.6. The molecule has 0 aromatic carbocycles. The van der Waals surface area contributed by atoms with Crippen molar-refractivity contribution in [2.75, 3.05) is 6.54 Å². The van der Waals surface area contributed by atoms with E-state index in [1.54, 1.807) is 11.3 Å². The molecular formula is C16H30N2S. The molecular weight excluding hydrogens is 252 g/mol. The minimum atomic E-state index is 0.474. The lowest BCUT2D eigenvalue weighted by Crippen LogP contribution is -2.22. The maximum Gasteiger partial charge on any atom is 0.0795 e. The van der Waals surface area contributed by atoms with Crippen LogP contribution >= 0.6 is 11.3 Å². The van der Waals surface area contributed by atoms with Gasteiger partial charge in [-0.15, -0.1) is 11.3 Å². The molecule has 0 saturated heterocycles. The summed E-state index contributed by atoms with van der Waals surface area (Å²) in [6, 6.07) is 0.474. The summed E-state index contributed by atoms with van der Waals surface area (Å²) in [4.78, 5) is 4.46. The number of nitrogens with one attached hydrogen (secondary N) is 1.